The number of benzene rings is 2. The van der Waals surface area contributed by atoms with Gasteiger partial charge in [0, 0.05) is 18.7 Å². The molecule has 0 spiro atoms. The summed E-state index contributed by atoms with van der Waals surface area (Å²) in [5.41, 5.74) is 1.93. The monoisotopic (exact) mass is 409 g/mol. The van der Waals surface area contributed by atoms with Crippen molar-refractivity contribution in [1.82, 2.24) is 4.90 Å². The SMILES string of the molecule is COc1cc(C(=S)N2CCCCC2)ccc1OCc1ccc(Cl)c(Cl)c1. The van der Waals surface area contributed by atoms with Crippen LogP contribution in [-0.4, -0.2) is 30.1 Å². The van der Waals surface area contributed by atoms with Gasteiger partial charge in [-0.3, -0.25) is 0 Å². The van der Waals surface area contributed by atoms with Gasteiger partial charge in [0.15, 0.2) is 11.5 Å². The van der Waals surface area contributed by atoms with Gasteiger partial charge < -0.3 is 14.4 Å². The summed E-state index contributed by atoms with van der Waals surface area (Å²) in [6.07, 6.45) is 3.67. The molecule has 138 valence electrons. The fraction of sp³-hybridized carbons (Fsp3) is 0.350. The first-order valence-electron chi connectivity index (χ1n) is 8.62. The maximum absolute atomic E-state index is 6.05. The van der Waals surface area contributed by atoms with E-state index in [9.17, 15) is 0 Å². The average molecular weight is 410 g/mol. The minimum absolute atomic E-state index is 0.378. The summed E-state index contributed by atoms with van der Waals surface area (Å²) in [6, 6.07) is 11.3. The molecule has 0 saturated carbocycles. The molecule has 0 aliphatic carbocycles. The summed E-state index contributed by atoms with van der Waals surface area (Å²) in [4.78, 5) is 3.14. The quantitative estimate of drug-likeness (QED) is 0.586. The Bertz CT molecular complexity index is 791. The van der Waals surface area contributed by atoms with Crippen LogP contribution in [0, 0.1) is 0 Å². The lowest BCUT2D eigenvalue weighted by molar-refractivity contribution is 0.284. The molecule has 0 unspecified atom stereocenters. The summed E-state index contributed by atoms with van der Waals surface area (Å²) < 4.78 is 11.4. The highest BCUT2D eigenvalue weighted by Gasteiger charge is 2.16. The number of ether oxygens (including phenoxy) is 2. The molecule has 1 saturated heterocycles. The summed E-state index contributed by atoms with van der Waals surface area (Å²) in [7, 11) is 1.63. The van der Waals surface area contributed by atoms with E-state index in [2.05, 4.69) is 4.90 Å². The number of thiocarbonyl (C=S) groups is 1. The molecule has 0 bridgehead atoms. The van der Waals surface area contributed by atoms with Crippen molar-refractivity contribution < 1.29 is 9.47 Å². The number of methoxy groups -OCH3 is 1. The largest absolute Gasteiger partial charge is 0.493 e. The molecular weight excluding hydrogens is 389 g/mol. The molecule has 1 aliphatic heterocycles. The lowest BCUT2D eigenvalue weighted by Gasteiger charge is -2.29. The maximum Gasteiger partial charge on any atom is 0.161 e. The van der Waals surface area contributed by atoms with Gasteiger partial charge in [-0.1, -0.05) is 41.5 Å². The zero-order chi connectivity index (χ0) is 18.5. The van der Waals surface area contributed by atoms with Gasteiger partial charge in [-0.05, 0) is 55.2 Å². The first-order chi connectivity index (χ1) is 12.6. The van der Waals surface area contributed by atoms with Gasteiger partial charge in [-0.25, -0.2) is 0 Å². The third-order valence-corrected chi connectivity index (χ3v) is 5.67. The van der Waals surface area contributed by atoms with E-state index in [-0.39, 0.29) is 0 Å². The second-order valence-corrected chi connectivity index (χ2v) is 7.46. The van der Waals surface area contributed by atoms with E-state index < -0.39 is 0 Å². The normalized spacial score (nSPS) is 14.2. The van der Waals surface area contributed by atoms with Gasteiger partial charge in [-0.15, -0.1) is 0 Å². The van der Waals surface area contributed by atoms with Crippen LogP contribution in [0.5, 0.6) is 11.5 Å². The highest BCUT2D eigenvalue weighted by Crippen LogP contribution is 2.30. The Morgan fingerprint density at radius 3 is 2.46 bits per heavy atom. The smallest absolute Gasteiger partial charge is 0.161 e. The van der Waals surface area contributed by atoms with Crippen molar-refractivity contribution in [2.45, 2.75) is 25.9 Å². The van der Waals surface area contributed by atoms with Gasteiger partial charge in [0.25, 0.3) is 0 Å². The average Bonchev–Trinajstić information content (AvgIpc) is 2.69. The lowest BCUT2D eigenvalue weighted by atomic mass is 10.1. The Morgan fingerprint density at radius 1 is 1.00 bits per heavy atom. The number of rotatable bonds is 5. The van der Waals surface area contributed by atoms with Crippen molar-refractivity contribution in [2.75, 3.05) is 20.2 Å². The van der Waals surface area contributed by atoms with Gasteiger partial charge in [0.05, 0.1) is 17.2 Å². The van der Waals surface area contributed by atoms with Crippen LogP contribution in [0.15, 0.2) is 36.4 Å². The van der Waals surface area contributed by atoms with E-state index in [0.717, 1.165) is 29.2 Å². The number of hydrogen-bond donors (Lipinski definition) is 0. The molecule has 3 rings (SSSR count). The molecule has 2 aromatic rings. The number of nitrogens with zero attached hydrogens (tertiary/aromatic N) is 1. The molecule has 0 radical (unpaired) electrons. The van der Waals surface area contributed by atoms with Crippen LogP contribution in [0.25, 0.3) is 0 Å². The zero-order valence-electron chi connectivity index (χ0n) is 14.6. The van der Waals surface area contributed by atoms with Crippen molar-refractivity contribution in [3.05, 3.63) is 57.6 Å². The highest BCUT2D eigenvalue weighted by molar-refractivity contribution is 7.80. The van der Waals surface area contributed by atoms with Crippen LogP contribution < -0.4 is 9.47 Å². The molecule has 0 amide bonds. The van der Waals surface area contributed by atoms with Crippen molar-refractivity contribution in [1.29, 1.82) is 0 Å². The van der Waals surface area contributed by atoms with Crippen molar-refractivity contribution in [2.24, 2.45) is 0 Å². The maximum atomic E-state index is 6.05. The third kappa shape index (κ3) is 4.61. The van der Waals surface area contributed by atoms with Crippen LogP contribution in [0.2, 0.25) is 10.0 Å². The Labute approximate surface area is 169 Å². The Hall–Kier alpha value is -1.49. The van der Waals surface area contributed by atoms with E-state index in [0.29, 0.717) is 28.2 Å². The van der Waals surface area contributed by atoms with Crippen LogP contribution >= 0.6 is 35.4 Å². The number of hydrogen-bond acceptors (Lipinski definition) is 3. The van der Waals surface area contributed by atoms with E-state index >= 15 is 0 Å². The molecule has 6 heteroatoms. The zero-order valence-corrected chi connectivity index (χ0v) is 17.0. The van der Waals surface area contributed by atoms with Crippen LogP contribution in [-0.2, 0) is 6.61 Å². The Balaban J connectivity index is 1.71. The molecule has 26 heavy (non-hydrogen) atoms. The van der Waals surface area contributed by atoms with Crippen molar-refractivity contribution in [3.63, 3.8) is 0 Å². The fourth-order valence-electron chi connectivity index (χ4n) is 2.99. The van der Waals surface area contributed by atoms with E-state index in [1.54, 1.807) is 19.2 Å². The highest BCUT2D eigenvalue weighted by atomic mass is 35.5. The molecule has 1 fully saturated rings. The van der Waals surface area contributed by atoms with Gasteiger partial charge >= 0.3 is 0 Å². The Kier molecular flexibility index (Phi) is 6.63. The van der Waals surface area contributed by atoms with E-state index in [4.69, 9.17) is 44.9 Å². The number of piperidine rings is 1. The van der Waals surface area contributed by atoms with Gasteiger partial charge in [0.1, 0.15) is 11.6 Å². The molecule has 0 N–H and O–H groups in total. The molecule has 0 aromatic heterocycles. The molecule has 0 atom stereocenters. The van der Waals surface area contributed by atoms with Gasteiger partial charge in [-0.2, -0.15) is 0 Å². The minimum atomic E-state index is 0.378. The standard InChI is InChI=1S/C20H21Cl2NO2S/c1-24-19-12-15(20(26)23-9-3-2-4-10-23)6-8-18(19)25-13-14-5-7-16(21)17(22)11-14/h5-8,11-12H,2-4,9-10,13H2,1H3. The first-order valence-corrected chi connectivity index (χ1v) is 9.79. The molecule has 3 nitrogen and oxygen atoms in total. The fourth-order valence-corrected chi connectivity index (χ4v) is 3.62. The number of likely N-dealkylation sites (tertiary alicyclic amines) is 1. The summed E-state index contributed by atoms with van der Waals surface area (Å²) in [5.74, 6) is 1.34. The van der Waals surface area contributed by atoms with Crippen molar-refractivity contribution in [3.8, 4) is 11.5 Å². The minimum Gasteiger partial charge on any atom is -0.493 e. The number of halogens is 2. The van der Waals surface area contributed by atoms with Crippen LogP contribution in [0.4, 0.5) is 0 Å². The molecular formula is C20H21Cl2NO2S. The van der Waals surface area contributed by atoms with Gasteiger partial charge in [0.2, 0.25) is 0 Å². The third-order valence-electron chi connectivity index (χ3n) is 4.43. The second kappa shape index (κ2) is 8.94. The predicted octanol–water partition coefficient (Wildman–Crippen LogP) is 5.74. The first kappa shape index (κ1) is 19.3. The molecule has 1 heterocycles. The van der Waals surface area contributed by atoms with Crippen molar-refractivity contribution >= 4 is 40.4 Å². The Morgan fingerprint density at radius 2 is 1.77 bits per heavy atom. The molecule has 2 aromatic carbocycles. The van der Waals surface area contributed by atoms with E-state index in [1.165, 1.54) is 19.3 Å². The van der Waals surface area contributed by atoms with Crippen LogP contribution in [0.3, 0.4) is 0 Å². The van der Waals surface area contributed by atoms with Crippen LogP contribution in [0.1, 0.15) is 30.4 Å². The summed E-state index contributed by atoms with van der Waals surface area (Å²) in [5, 5.41) is 1.05. The second-order valence-electron chi connectivity index (χ2n) is 6.26. The summed E-state index contributed by atoms with van der Waals surface area (Å²) >= 11 is 17.7. The lowest BCUT2D eigenvalue weighted by Crippen LogP contribution is -2.34. The summed E-state index contributed by atoms with van der Waals surface area (Å²) in [6.45, 7) is 2.43. The predicted molar refractivity (Wildman–Crippen MR) is 111 cm³/mol. The van der Waals surface area contributed by atoms with E-state index in [1.807, 2.05) is 24.3 Å². The topological polar surface area (TPSA) is 21.7 Å². The molecule has 1 aliphatic rings.